The molecule has 1 unspecified atom stereocenters. The summed E-state index contributed by atoms with van der Waals surface area (Å²) in [6, 6.07) is 14.1. The van der Waals surface area contributed by atoms with Gasteiger partial charge in [0.05, 0.1) is 18.7 Å². The predicted molar refractivity (Wildman–Crippen MR) is 146 cm³/mol. The summed E-state index contributed by atoms with van der Waals surface area (Å²) < 4.78 is 5.55. The molecule has 6 heteroatoms. The minimum atomic E-state index is -0.821. The van der Waals surface area contributed by atoms with Gasteiger partial charge < -0.3 is 9.84 Å². The van der Waals surface area contributed by atoms with E-state index in [9.17, 15) is 14.7 Å². The summed E-state index contributed by atoms with van der Waals surface area (Å²) in [5.74, 6) is -0.781. The van der Waals surface area contributed by atoms with E-state index < -0.39 is 17.7 Å². The number of amides is 1. The third kappa shape index (κ3) is 4.76. The molecule has 1 saturated heterocycles. The monoisotopic (exact) mass is 498 g/mol. The Kier molecular flexibility index (Phi) is 6.96. The molecule has 0 spiro atoms. The molecule has 1 aliphatic heterocycles. The summed E-state index contributed by atoms with van der Waals surface area (Å²) in [7, 11) is 1.61. The van der Waals surface area contributed by atoms with Gasteiger partial charge in [-0.3, -0.25) is 19.5 Å². The van der Waals surface area contributed by atoms with Crippen molar-refractivity contribution < 1.29 is 19.4 Å². The molecule has 0 bridgehead atoms. The van der Waals surface area contributed by atoms with E-state index in [2.05, 4.69) is 25.8 Å². The zero-order valence-corrected chi connectivity index (χ0v) is 22.5. The van der Waals surface area contributed by atoms with E-state index in [1.165, 1.54) is 4.90 Å². The predicted octanol–water partition coefficient (Wildman–Crippen LogP) is 6.45. The smallest absolute Gasteiger partial charge is 0.300 e. The largest absolute Gasteiger partial charge is 0.507 e. The highest BCUT2D eigenvalue weighted by molar-refractivity contribution is 6.51. The Labute approximate surface area is 218 Å². The third-order valence-corrected chi connectivity index (χ3v) is 6.91. The van der Waals surface area contributed by atoms with Crippen LogP contribution >= 0.6 is 0 Å². The second-order valence-electron chi connectivity index (χ2n) is 10.8. The van der Waals surface area contributed by atoms with Crippen LogP contribution in [0.2, 0.25) is 0 Å². The number of carbonyl (C=O) groups excluding carboxylic acids is 2. The van der Waals surface area contributed by atoms with E-state index in [4.69, 9.17) is 4.74 Å². The van der Waals surface area contributed by atoms with Crippen LogP contribution in [0.5, 0.6) is 5.75 Å². The van der Waals surface area contributed by atoms with Crippen molar-refractivity contribution in [2.75, 3.05) is 12.0 Å². The van der Waals surface area contributed by atoms with Gasteiger partial charge in [-0.1, -0.05) is 52.8 Å². The summed E-state index contributed by atoms with van der Waals surface area (Å²) in [4.78, 5) is 32.7. The van der Waals surface area contributed by atoms with Crippen molar-refractivity contribution in [3.8, 4) is 5.75 Å². The van der Waals surface area contributed by atoms with Crippen molar-refractivity contribution in [3.05, 3.63) is 94.3 Å². The number of hydrogen-bond acceptors (Lipinski definition) is 5. The lowest BCUT2D eigenvalue weighted by Crippen LogP contribution is -2.29. The molecular formula is C31H34N2O4. The Bertz CT molecular complexity index is 1370. The summed E-state index contributed by atoms with van der Waals surface area (Å²) in [5, 5.41) is 11.6. The van der Waals surface area contributed by atoms with E-state index in [-0.39, 0.29) is 22.7 Å². The second kappa shape index (κ2) is 9.85. The highest BCUT2D eigenvalue weighted by Gasteiger charge is 2.47. The molecule has 0 saturated carbocycles. The molecule has 2 heterocycles. The van der Waals surface area contributed by atoms with Crippen molar-refractivity contribution >= 4 is 23.1 Å². The van der Waals surface area contributed by atoms with Gasteiger partial charge in [0.15, 0.2) is 0 Å². The van der Waals surface area contributed by atoms with Crippen LogP contribution in [-0.2, 0) is 15.0 Å². The van der Waals surface area contributed by atoms with Crippen LogP contribution in [0.25, 0.3) is 5.76 Å². The number of nitrogens with zero attached hydrogens (tertiary/aromatic N) is 2. The van der Waals surface area contributed by atoms with Crippen molar-refractivity contribution in [1.82, 2.24) is 4.98 Å². The van der Waals surface area contributed by atoms with Crippen molar-refractivity contribution in [2.45, 2.75) is 58.9 Å². The summed E-state index contributed by atoms with van der Waals surface area (Å²) >= 11 is 0. The molecule has 1 aromatic heterocycles. The average Bonchev–Trinajstić information content (AvgIpc) is 3.13. The number of pyridine rings is 1. The number of ether oxygens (including phenoxy) is 1. The van der Waals surface area contributed by atoms with Crippen molar-refractivity contribution in [1.29, 1.82) is 0 Å². The standard InChI is InChI=1S/C31H34N2O4/c1-18(2)23-16-24(19(3)15-25(23)37-7)28(34)26-27(20-9-8-14-32-17-20)33(30(36)29(26)35)22-12-10-21(11-13-22)31(4,5)6/h8-18,27,34H,1-7H3/b28-26+. The lowest BCUT2D eigenvalue weighted by molar-refractivity contribution is -0.132. The summed E-state index contributed by atoms with van der Waals surface area (Å²) in [6.07, 6.45) is 3.26. The summed E-state index contributed by atoms with van der Waals surface area (Å²) in [5.41, 5.74) is 4.45. The minimum absolute atomic E-state index is 0.0425. The van der Waals surface area contributed by atoms with Gasteiger partial charge in [-0.05, 0) is 70.8 Å². The van der Waals surface area contributed by atoms with Crippen LogP contribution < -0.4 is 9.64 Å². The Morgan fingerprint density at radius 1 is 1.08 bits per heavy atom. The van der Waals surface area contributed by atoms with Gasteiger partial charge in [-0.25, -0.2) is 0 Å². The molecule has 0 radical (unpaired) electrons. The number of Topliss-reactive ketones (excluding diaryl/α,β-unsaturated/α-hetero) is 1. The number of aryl methyl sites for hydroxylation is 1. The highest BCUT2D eigenvalue weighted by Crippen LogP contribution is 2.43. The van der Waals surface area contributed by atoms with Crippen LogP contribution in [0.4, 0.5) is 5.69 Å². The van der Waals surface area contributed by atoms with Gasteiger partial charge in [-0.2, -0.15) is 0 Å². The van der Waals surface area contributed by atoms with Gasteiger partial charge >= 0.3 is 0 Å². The van der Waals surface area contributed by atoms with Crippen molar-refractivity contribution in [3.63, 3.8) is 0 Å². The fourth-order valence-electron chi connectivity index (χ4n) is 4.80. The number of aromatic nitrogens is 1. The molecule has 1 atom stereocenters. The summed E-state index contributed by atoms with van der Waals surface area (Å²) in [6.45, 7) is 12.3. The quantitative estimate of drug-likeness (QED) is 0.249. The molecule has 0 aliphatic carbocycles. The van der Waals surface area contributed by atoms with E-state index in [0.29, 0.717) is 22.6 Å². The molecule has 1 N–H and O–H groups in total. The molecule has 1 fully saturated rings. The molecule has 4 rings (SSSR count). The topological polar surface area (TPSA) is 79.7 Å². The van der Waals surface area contributed by atoms with Gasteiger partial charge in [-0.15, -0.1) is 0 Å². The zero-order chi connectivity index (χ0) is 27.1. The molecule has 192 valence electrons. The van der Waals surface area contributed by atoms with Gasteiger partial charge in [0, 0.05) is 23.6 Å². The molecule has 1 aliphatic rings. The molecule has 37 heavy (non-hydrogen) atoms. The Morgan fingerprint density at radius 3 is 2.30 bits per heavy atom. The first kappa shape index (κ1) is 26.1. The molecular weight excluding hydrogens is 464 g/mol. The van der Waals surface area contributed by atoms with E-state index in [0.717, 1.165) is 16.7 Å². The SMILES string of the molecule is COc1cc(C)c(/C(O)=C2\C(=O)C(=O)N(c3ccc(C(C)(C)C)cc3)C2c2cccnc2)cc1C(C)C. The minimum Gasteiger partial charge on any atom is -0.507 e. The first-order chi connectivity index (χ1) is 17.5. The lowest BCUT2D eigenvalue weighted by atomic mass is 9.87. The molecule has 3 aromatic rings. The Morgan fingerprint density at radius 2 is 1.76 bits per heavy atom. The Hall–Kier alpha value is -3.93. The number of aliphatic hydroxyl groups excluding tert-OH is 1. The maximum Gasteiger partial charge on any atom is 0.300 e. The molecule has 6 nitrogen and oxygen atoms in total. The number of rotatable bonds is 5. The first-order valence-corrected chi connectivity index (χ1v) is 12.5. The molecule has 1 amide bonds. The van der Waals surface area contributed by atoms with E-state index in [1.54, 1.807) is 25.6 Å². The zero-order valence-electron chi connectivity index (χ0n) is 22.5. The first-order valence-electron chi connectivity index (χ1n) is 12.5. The van der Waals surface area contributed by atoms with Crippen LogP contribution in [-0.4, -0.2) is 28.9 Å². The number of hydrogen-bond donors (Lipinski definition) is 1. The number of carbonyl (C=O) groups is 2. The number of methoxy groups -OCH3 is 1. The number of ketones is 1. The van der Waals surface area contributed by atoms with Crippen LogP contribution in [0, 0.1) is 6.92 Å². The number of anilines is 1. The highest BCUT2D eigenvalue weighted by atomic mass is 16.5. The van der Waals surface area contributed by atoms with Gasteiger partial charge in [0.1, 0.15) is 11.5 Å². The Balaban J connectivity index is 1.94. The fourth-order valence-corrected chi connectivity index (χ4v) is 4.80. The fraction of sp³-hybridized carbons (Fsp3) is 0.323. The number of benzene rings is 2. The second-order valence-corrected chi connectivity index (χ2v) is 10.8. The van der Waals surface area contributed by atoms with Gasteiger partial charge in [0.2, 0.25) is 0 Å². The number of aliphatic hydroxyl groups is 1. The molecule has 2 aromatic carbocycles. The normalized spacial score (nSPS) is 17.5. The van der Waals surface area contributed by atoms with Crippen molar-refractivity contribution in [2.24, 2.45) is 0 Å². The maximum absolute atomic E-state index is 13.5. The van der Waals surface area contributed by atoms with Gasteiger partial charge in [0.25, 0.3) is 11.7 Å². The van der Waals surface area contributed by atoms with E-state index >= 15 is 0 Å². The average molecular weight is 499 g/mol. The van der Waals surface area contributed by atoms with E-state index in [1.807, 2.05) is 63.2 Å². The van der Waals surface area contributed by atoms with Crippen LogP contribution in [0.1, 0.15) is 74.4 Å². The van der Waals surface area contributed by atoms with Crippen LogP contribution in [0.15, 0.2) is 66.5 Å². The lowest BCUT2D eigenvalue weighted by Gasteiger charge is -2.26. The third-order valence-electron chi connectivity index (χ3n) is 6.91. The van der Waals surface area contributed by atoms with Crippen LogP contribution in [0.3, 0.4) is 0 Å². The maximum atomic E-state index is 13.5.